The first-order chi connectivity index (χ1) is 13.6. The van der Waals surface area contributed by atoms with Crippen molar-refractivity contribution in [3.63, 3.8) is 0 Å². The van der Waals surface area contributed by atoms with Gasteiger partial charge in [-0.2, -0.15) is 0 Å². The highest BCUT2D eigenvalue weighted by atomic mass is 32.2. The van der Waals surface area contributed by atoms with Gasteiger partial charge in [0.1, 0.15) is 0 Å². The molecule has 1 aromatic heterocycles. The van der Waals surface area contributed by atoms with Crippen molar-refractivity contribution in [2.75, 3.05) is 0 Å². The lowest BCUT2D eigenvalue weighted by atomic mass is 10.1. The minimum atomic E-state index is 0.861. The van der Waals surface area contributed by atoms with E-state index in [0.717, 1.165) is 28.0 Å². The molecule has 28 heavy (non-hydrogen) atoms. The van der Waals surface area contributed by atoms with Crippen molar-refractivity contribution in [3.05, 3.63) is 95.1 Å². The molecule has 0 aliphatic heterocycles. The van der Waals surface area contributed by atoms with Crippen LogP contribution in [0.2, 0.25) is 0 Å². The minimum Gasteiger partial charge on any atom is -0.270 e. The number of thioether (sulfide) groups is 1. The zero-order valence-corrected chi connectivity index (χ0v) is 17.2. The van der Waals surface area contributed by atoms with Gasteiger partial charge in [-0.15, -0.1) is 10.2 Å². The van der Waals surface area contributed by atoms with E-state index in [1.54, 1.807) is 11.8 Å². The van der Waals surface area contributed by atoms with E-state index in [9.17, 15) is 0 Å². The van der Waals surface area contributed by atoms with Crippen LogP contribution in [0.4, 0.5) is 0 Å². The summed E-state index contributed by atoms with van der Waals surface area (Å²) in [6.07, 6.45) is 0. The fourth-order valence-corrected chi connectivity index (χ4v) is 4.11. The first-order valence-corrected chi connectivity index (χ1v) is 10.4. The average molecular weight is 386 g/mol. The van der Waals surface area contributed by atoms with Crippen LogP contribution < -0.4 is 0 Å². The lowest BCUT2D eigenvalue weighted by molar-refractivity contribution is 0.885. The summed E-state index contributed by atoms with van der Waals surface area (Å²) < 4.78 is 2.16. The molecule has 0 saturated heterocycles. The second-order valence-corrected chi connectivity index (χ2v) is 8.07. The molecule has 0 saturated carbocycles. The van der Waals surface area contributed by atoms with Gasteiger partial charge in [0.2, 0.25) is 0 Å². The summed E-state index contributed by atoms with van der Waals surface area (Å²) in [5.41, 5.74) is 7.18. The van der Waals surface area contributed by atoms with Gasteiger partial charge in [-0.1, -0.05) is 83.0 Å². The highest BCUT2D eigenvalue weighted by Crippen LogP contribution is 2.30. The third-order valence-corrected chi connectivity index (χ3v) is 5.65. The molecule has 140 valence electrons. The van der Waals surface area contributed by atoms with Crippen molar-refractivity contribution in [3.8, 4) is 17.1 Å². The second-order valence-electron chi connectivity index (χ2n) is 7.12. The van der Waals surface area contributed by atoms with E-state index in [4.69, 9.17) is 0 Å². The Balaban J connectivity index is 1.74. The Labute approximate surface area is 170 Å². The molecule has 4 rings (SSSR count). The fraction of sp³-hybridized carbons (Fsp3) is 0.167. The van der Waals surface area contributed by atoms with Crippen LogP contribution in [0, 0.1) is 20.8 Å². The van der Waals surface area contributed by atoms with E-state index in [-0.39, 0.29) is 0 Å². The van der Waals surface area contributed by atoms with Gasteiger partial charge >= 0.3 is 0 Å². The summed E-state index contributed by atoms with van der Waals surface area (Å²) in [6.45, 7) is 6.33. The van der Waals surface area contributed by atoms with Crippen LogP contribution in [0.1, 0.15) is 22.3 Å². The van der Waals surface area contributed by atoms with Gasteiger partial charge in [-0.3, -0.25) is 4.57 Å². The summed E-state index contributed by atoms with van der Waals surface area (Å²) in [6, 6.07) is 25.6. The Morgan fingerprint density at radius 2 is 1.46 bits per heavy atom. The lowest BCUT2D eigenvalue weighted by Crippen LogP contribution is -2.00. The summed E-state index contributed by atoms with van der Waals surface area (Å²) >= 11 is 1.72. The number of rotatable bonds is 5. The molecular weight excluding hydrogens is 362 g/mol. The predicted molar refractivity (Wildman–Crippen MR) is 117 cm³/mol. The number of hydrogen-bond donors (Lipinski definition) is 0. The molecule has 0 aliphatic rings. The highest BCUT2D eigenvalue weighted by Gasteiger charge is 2.16. The first kappa shape index (κ1) is 18.5. The van der Waals surface area contributed by atoms with Crippen LogP contribution in [0.5, 0.6) is 0 Å². The lowest BCUT2D eigenvalue weighted by Gasteiger charge is -2.11. The van der Waals surface area contributed by atoms with Crippen molar-refractivity contribution in [2.24, 2.45) is 0 Å². The topological polar surface area (TPSA) is 30.7 Å². The molecule has 0 amide bonds. The van der Waals surface area contributed by atoms with Gasteiger partial charge in [-0.25, -0.2) is 0 Å². The largest absolute Gasteiger partial charge is 0.270 e. The normalized spacial score (nSPS) is 11.0. The molecule has 0 radical (unpaired) electrons. The van der Waals surface area contributed by atoms with Crippen LogP contribution in [-0.2, 0) is 5.75 Å². The summed E-state index contributed by atoms with van der Waals surface area (Å²) in [5.74, 6) is 1.73. The second kappa shape index (κ2) is 8.03. The molecule has 1 heterocycles. The maximum atomic E-state index is 4.55. The molecular formula is C24H23N3S. The van der Waals surface area contributed by atoms with E-state index in [0.29, 0.717) is 0 Å². The molecule has 0 N–H and O–H groups in total. The molecule has 0 atom stereocenters. The standard InChI is InChI=1S/C24H23N3S/c1-17-10-12-22(13-11-17)27-23(21-9-5-7-19(3)15-21)25-26-24(27)28-16-20-8-4-6-18(2)14-20/h4-15H,16H2,1-3H3. The summed E-state index contributed by atoms with van der Waals surface area (Å²) in [7, 11) is 0. The third kappa shape index (κ3) is 4.02. The first-order valence-electron chi connectivity index (χ1n) is 9.38. The Morgan fingerprint density at radius 3 is 2.18 bits per heavy atom. The Morgan fingerprint density at radius 1 is 0.750 bits per heavy atom. The van der Waals surface area contributed by atoms with Crippen molar-refractivity contribution in [1.29, 1.82) is 0 Å². The number of nitrogens with zero attached hydrogens (tertiary/aromatic N) is 3. The molecule has 3 aromatic carbocycles. The summed E-state index contributed by atoms with van der Waals surface area (Å²) in [5, 5.41) is 9.99. The monoisotopic (exact) mass is 385 g/mol. The molecule has 0 bridgehead atoms. The minimum absolute atomic E-state index is 0.861. The molecule has 4 heteroatoms. The van der Waals surface area contributed by atoms with Crippen LogP contribution in [-0.4, -0.2) is 14.8 Å². The van der Waals surface area contributed by atoms with Crippen molar-refractivity contribution >= 4 is 11.8 Å². The Hall–Kier alpha value is -2.85. The van der Waals surface area contributed by atoms with Crippen molar-refractivity contribution < 1.29 is 0 Å². The predicted octanol–water partition coefficient (Wildman–Crippen LogP) is 6.15. The van der Waals surface area contributed by atoms with E-state index >= 15 is 0 Å². The van der Waals surface area contributed by atoms with Crippen LogP contribution in [0.3, 0.4) is 0 Å². The maximum absolute atomic E-state index is 4.55. The SMILES string of the molecule is Cc1ccc(-n2c(SCc3cccc(C)c3)nnc2-c2cccc(C)c2)cc1. The van der Waals surface area contributed by atoms with Crippen LogP contribution >= 0.6 is 11.8 Å². The van der Waals surface area contributed by atoms with Crippen LogP contribution in [0.15, 0.2) is 78.0 Å². The smallest absolute Gasteiger partial charge is 0.196 e. The fourth-order valence-electron chi connectivity index (χ4n) is 3.21. The van der Waals surface area contributed by atoms with Crippen molar-refractivity contribution in [2.45, 2.75) is 31.7 Å². The maximum Gasteiger partial charge on any atom is 0.196 e. The third-order valence-electron chi connectivity index (χ3n) is 4.65. The molecule has 0 aliphatic carbocycles. The number of hydrogen-bond acceptors (Lipinski definition) is 3. The van der Waals surface area contributed by atoms with Gasteiger partial charge < -0.3 is 0 Å². The van der Waals surface area contributed by atoms with E-state index in [2.05, 4.69) is 108 Å². The average Bonchev–Trinajstić information content (AvgIpc) is 3.11. The summed E-state index contributed by atoms with van der Waals surface area (Å²) in [4.78, 5) is 0. The zero-order valence-electron chi connectivity index (χ0n) is 16.4. The van der Waals surface area contributed by atoms with Gasteiger partial charge in [-0.05, 0) is 44.5 Å². The highest BCUT2D eigenvalue weighted by molar-refractivity contribution is 7.98. The van der Waals surface area contributed by atoms with E-state index in [1.165, 1.54) is 22.3 Å². The molecule has 4 aromatic rings. The van der Waals surface area contributed by atoms with E-state index in [1.807, 2.05) is 0 Å². The molecule has 0 unspecified atom stereocenters. The van der Waals surface area contributed by atoms with Gasteiger partial charge in [0.15, 0.2) is 11.0 Å². The number of aryl methyl sites for hydroxylation is 3. The molecule has 3 nitrogen and oxygen atoms in total. The Bertz CT molecular complexity index is 1100. The number of aromatic nitrogens is 3. The van der Waals surface area contributed by atoms with Gasteiger partial charge in [0.25, 0.3) is 0 Å². The van der Waals surface area contributed by atoms with Gasteiger partial charge in [0, 0.05) is 17.0 Å². The molecule has 0 fully saturated rings. The van der Waals surface area contributed by atoms with Crippen LogP contribution in [0.25, 0.3) is 17.1 Å². The zero-order chi connectivity index (χ0) is 19.5. The Kier molecular flexibility index (Phi) is 5.31. The quantitative estimate of drug-likeness (QED) is 0.386. The van der Waals surface area contributed by atoms with Gasteiger partial charge in [0.05, 0.1) is 0 Å². The van der Waals surface area contributed by atoms with E-state index < -0.39 is 0 Å². The van der Waals surface area contributed by atoms with Crippen molar-refractivity contribution in [1.82, 2.24) is 14.8 Å². The molecule has 0 spiro atoms. The number of benzene rings is 3.